The Morgan fingerprint density at radius 2 is 2.00 bits per heavy atom. The summed E-state index contributed by atoms with van der Waals surface area (Å²) in [5, 5.41) is 6.14. The van der Waals surface area contributed by atoms with Gasteiger partial charge in [-0.05, 0) is 31.0 Å². The minimum Gasteiger partial charge on any atom is -0.467 e. The van der Waals surface area contributed by atoms with Crippen molar-refractivity contribution < 1.29 is 13.9 Å². The van der Waals surface area contributed by atoms with E-state index in [0.29, 0.717) is 43.6 Å². The third kappa shape index (κ3) is 5.88. The standard InChI is InChI=1S/C20H27N3O3.2ClH/c1-15-13-16-5-3-4-6-18(16)23(15)14-19-17(7-11-26-19)20(24)22-9-8-21-10-12-25-2;;/h3-7,11,15,21H,8-10,12-14H2,1-2H3,(H,22,24);2*1H. The fourth-order valence-corrected chi connectivity index (χ4v) is 3.35. The zero-order valence-electron chi connectivity index (χ0n) is 16.3. The minimum absolute atomic E-state index is 0. The molecule has 1 aliphatic rings. The summed E-state index contributed by atoms with van der Waals surface area (Å²) < 4.78 is 10.6. The number of carbonyl (C=O) groups excluding carboxylic acids is 1. The van der Waals surface area contributed by atoms with E-state index >= 15 is 0 Å². The summed E-state index contributed by atoms with van der Waals surface area (Å²) in [6.45, 7) is 5.51. The molecule has 2 aromatic rings. The molecule has 3 rings (SSSR count). The fourth-order valence-electron chi connectivity index (χ4n) is 3.35. The number of furan rings is 1. The average Bonchev–Trinajstić information content (AvgIpc) is 3.23. The lowest BCUT2D eigenvalue weighted by atomic mass is 10.1. The fraction of sp³-hybridized carbons (Fsp3) is 0.450. The summed E-state index contributed by atoms with van der Waals surface area (Å²) in [6, 6.07) is 10.6. The number of methoxy groups -OCH3 is 1. The summed E-state index contributed by atoms with van der Waals surface area (Å²) >= 11 is 0. The maximum absolute atomic E-state index is 12.5. The molecule has 1 aromatic carbocycles. The minimum atomic E-state index is -0.0950. The van der Waals surface area contributed by atoms with Crippen LogP contribution in [-0.2, 0) is 17.7 Å². The van der Waals surface area contributed by atoms with Gasteiger partial charge in [-0.2, -0.15) is 0 Å². The van der Waals surface area contributed by atoms with Crippen molar-refractivity contribution in [2.45, 2.75) is 25.9 Å². The van der Waals surface area contributed by atoms with Crippen molar-refractivity contribution in [1.82, 2.24) is 10.6 Å². The summed E-state index contributed by atoms with van der Waals surface area (Å²) in [7, 11) is 1.67. The van der Waals surface area contributed by atoms with Crippen LogP contribution in [0.15, 0.2) is 41.0 Å². The van der Waals surface area contributed by atoms with Gasteiger partial charge in [0.05, 0.1) is 25.0 Å². The number of benzene rings is 1. The van der Waals surface area contributed by atoms with E-state index in [1.165, 1.54) is 11.3 Å². The maximum Gasteiger partial charge on any atom is 0.254 e. The molecule has 156 valence electrons. The second kappa shape index (κ2) is 12.0. The van der Waals surface area contributed by atoms with Gasteiger partial charge in [0.1, 0.15) is 5.76 Å². The Kier molecular flexibility index (Phi) is 10.4. The van der Waals surface area contributed by atoms with Crippen LogP contribution in [-0.4, -0.2) is 45.3 Å². The number of nitrogens with zero attached hydrogens (tertiary/aromatic N) is 1. The van der Waals surface area contributed by atoms with Crippen molar-refractivity contribution in [1.29, 1.82) is 0 Å². The molecule has 0 saturated carbocycles. The molecule has 0 fully saturated rings. The van der Waals surface area contributed by atoms with Crippen LogP contribution in [0.1, 0.15) is 28.6 Å². The SMILES string of the molecule is COCCNCCNC(=O)c1ccoc1CN1c2ccccc2CC1C.Cl.Cl. The number of rotatable bonds is 9. The largest absolute Gasteiger partial charge is 0.467 e. The number of para-hydroxylation sites is 1. The van der Waals surface area contributed by atoms with Crippen molar-refractivity contribution in [3.8, 4) is 0 Å². The molecule has 0 spiro atoms. The van der Waals surface area contributed by atoms with Gasteiger partial charge in [0.15, 0.2) is 0 Å². The first-order chi connectivity index (χ1) is 12.7. The molecule has 0 radical (unpaired) electrons. The number of hydrogen-bond donors (Lipinski definition) is 2. The number of fused-ring (bicyclic) bond motifs is 1. The van der Waals surface area contributed by atoms with Crippen molar-refractivity contribution >= 4 is 36.4 Å². The van der Waals surface area contributed by atoms with Gasteiger partial charge in [0, 0.05) is 38.5 Å². The van der Waals surface area contributed by atoms with Crippen LogP contribution < -0.4 is 15.5 Å². The van der Waals surface area contributed by atoms with Crippen LogP contribution in [0.25, 0.3) is 0 Å². The molecule has 0 saturated heterocycles. The number of amides is 1. The molecular weight excluding hydrogens is 401 g/mol. The van der Waals surface area contributed by atoms with Gasteiger partial charge in [-0.3, -0.25) is 4.79 Å². The molecule has 0 bridgehead atoms. The van der Waals surface area contributed by atoms with Gasteiger partial charge in [0.2, 0.25) is 0 Å². The predicted octanol–water partition coefficient (Wildman–Crippen LogP) is 3.04. The topological polar surface area (TPSA) is 66.7 Å². The van der Waals surface area contributed by atoms with E-state index < -0.39 is 0 Å². The molecule has 8 heteroatoms. The Labute approximate surface area is 178 Å². The molecule has 1 amide bonds. The molecule has 1 unspecified atom stereocenters. The summed E-state index contributed by atoms with van der Waals surface area (Å²) in [6.07, 6.45) is 2.61. The van der Waals surface area contributed by atoms with Gasteiger partial charge in [0.25, 0.3) is 5.91 Å². The summed E-state index contributed by atoms with van der Waals surface area (Å²) in [5.41, 5.74) is 3.18. The average molecular weight is 430 g/mol. The van der Waals surface area contributed by atoms with E-state index in [1.54, 1.807) is 19.4 Å². The Morgan fingerprint density at radius 3 is 2.79 bits per heavy atom. The lowest BCUT2D eigenvalue weighted by molar-refractivity contribution is 0.0951. The number of nitrogens with one attached hydrogen (secondary N) is 2. The first-order valence-corrected chi connectivity index (χ1v) is 9.09. The number of hydrogen-bond acceptors (Lipinski definition) is 5. The Morgan fingerprint density at radius 1 is 1.21 bits per heavy atom. The van der Waals surface area contributed by atoms with E-state index in [0.717, 1.165) is 13.0 Å². The predicted molar refractivity (Wildman–Crippen MR) is 116 cm³/mol. The number of halogens is 2. The Hall–Kier alpha value is -1.73. The van der Waals surface area contributed by atoms with Crippen LogP contribution in [0.4, 0.5) is 5.69 Å². The lowest BCUT2D eigenvalue weighted by Crippen LogP contribution is -2.34. The second-order valence-corrected chi connectivity index (χ2v) is 6.57. The third-order valence-electron chi connectivity index (χ3n) is 4.72. The quantitative estimate of drug-likeness (QED) is 0.599. The molecule has 2 heterocycles. The van der Waals surface area contributed by atoms with Crippen LogP contribution >= 0.6 is 24.8 Å². The molecule has 6 nitrogen and oxygen atoms in total. The zero-order chi connectivity index (χ0) is 18.4. The number of anilines is 1. The third-order valence-corrected chi connectivity index (χ3v) is 4.72. The van der Waals surface area contributed by atoms with Gasteiger partial charge < -0.3 is 24.7 Å². The van der Waals surface area contributed by atoms with E-state index in [4.69, 9.17) is 9.15 Å². The Bertz CT molecular complexity index is 739. The molecule has 0 aliphatic carbocycles. The molecule has 28 heavy (non-hydrogen) atoms. The van der Waals surface area contributed by atoms with E-state index in [-0.39, 0.29) is 30.7 Å². The van der Waals surface area contributed by atoms with Gasteiger partial charge in [-0.15, -0.1) is 24.8 Å². The first-order valence-electron chi connectivity index (χ1n) is 9.09. The van der Waals surface area contributed by atoms with Gasteiger partial charge >= 0.3 is 0 Å². The van der Waals surface area contributed by atoms with Crippen molar-refractivity contribution in [2.75, 3.05) is 38.3 Å². The Balaban J connectivity index is 0.00000196. The second-order valence-electron chi connectivity index (χ2n) is 6.57. The van der Waals surface area contributed by atoms with Crippen LogP contribution in [0.2, 0.25) is 0 Å². The van der Waals surface area contributed by atoms with Crippen LogP contribution in [0.3, 0.4) is 0 Å². The zero-order valence-corrected chi connectivity index (χ0v) is 17.9. The highest BCUT2D eigenvalue weighted by atomic mass is 35.5. The van der Waals surface area contributed by atoms with Crippen molar-refractivity contribution in [3.63, 3.8) is 0 Å². The molecular formula is C20H29Cl2N3O3. The highest BCUT2D eigenvalue weighted by molar-refractivity contribution is 5.95. The summed E-state index contributed by atoms with van der Waals surface area (Å²) in [5.74, 6) is 0.612. The van der Waals surface area contributed by atoms with Gasteiger partial charge in [-0.1, -0.05) is 18.2 Å². The molecule has 1 atom stereocenters. The smallest absolute Gasteiger partial charge is 0.254 e. The maximum atomic E-state index is 12.5. The highest BCUT2D eigenvalue weighted by Gasteiger charge is 2.27. The monoisotopic (exact) mass is 429 g/mol. The molecule has 2 N–H and O–H groups in total. The summed E-state index contributed by atoms with van der Waals surface area (Å²) in [4.78, 5) is 14.8. The van der Waals surface area contributed by atoms with Crippen molar-refractivity contribution in [3.05, 3.63) is 53.5 Å². The molecule has 1 aliphatic heterocycles. The normalized spacial score (nSPS) is 14.8. The van der Waals surface area contributed by atoms with Crippen molar-refractivity contribution in [2.24, 2.45) is 0 Å². The first kappa shape index (κ1) is 24.3. The lowest BCUT2D eigenvalue weighted by Gasteiger charge is -2.24. The van der Waals surface area contributed by atoms with E-state index in [1.807, 2.05) is 0 Å². The van der Waals surface area contributed by atoms with Crippen LogP contribution in [0, 0.1) is 0 Å². The van der Waals surface area contributed by atoms with E-state index in [2.05, 4.69) is 46.7 Å². The van der Waals surface area contributed by atoms with E-state index in [9.17, 15) is 4.79 Å². The number of carbonyl (C=O) groups is 1. The van der Waals surface area contributed by atoms with Crippen LogP contribution in [0.5, 0.6) is 0 Å². The number of ether oxygens (including phenoxy) is 1. The molecule has 1 aromatic heterocycles. The highest BCUT2D eigenvalue weighted by Crippen LogP contribution is 2.33. The van der Waals surface area contributed by atoms with Gasteiger partial charge in [-0.25, -0.2) is 0 Å².